The lowest BCUT2D eigenvalue weighted by Crippen LogP contribution is -2.39. The van der Waals surface area contributed by atoms with Crippen LogP contribution in [0.1, 0.15) is 34.1 Å². The Balaban J connectivity index is 1.88. The van der Waals surface area contributed by atoms with E-state index in [0.717, 1.165) is 30.9 Å². The summed E-state index contributed by atoms with van der Waals surface area (Å²) in [7, 11) is 3.83. The quantitative estimate of drug-likeness (QED) is 0.553. The van der Waals surface area contributed by atoms with Gasteiger partial charge in [0.25, 0.3) is 5.91 Å². The van der Waals surface area contributed by atoms with E-state index in [1.54, 1.807) is 18.4 Å². The van der Waals surface area contributed by atoms with Gasteiger partial charge in [-0.05, 0) is 42.0 Å². The Kier molecular flexibility index (Phi) is 8.15. The summed E-state index contributed by atoms with van der Waals surface area (Å²) in [4.78, 5) is 19.9. The van der Waals surface area contributed by atoms with Gasteiger partial charge in [-0.2, -0.15) is 0 Å². The zero-order valence-electron chi connectivity index (χ0n) is 15.8. The predicted molar refractivity (Wildman–Crippen MR) is 110 cm³/mol. The fourth-order valence-corrected chi connectivity index (χ4v) is 3.27. The number of benzene rings is 1. The minimum atomic E-state index is -0.0221. The molecule has 0 aliphatic carbocycles. The molecule has 0 spiro atoms. The van der Waals surface area contributed by atoms with Crippen LogP contribution in [0.25, 0.3) is 0 Å². The van der Waals surface area contributed by atoms with Gasteiger partial charge in [0, 0.05) is 44.2 Å². The summed E-state index contributed by atoms with van der Waals surface area (Å²) in [5, 5.41) is 8.39. The molecule has 1 heterocycles. The van der Waals surface area contributed by atoms with Crippen molar-refractivity contribution in [2.24, 2.45) is 4.99 Å². The average Bonchev–Trinajstić information content (AvgIpc) is 3.18. The topological polar surface area (TPSA) is 56.7 Å². The molecule has 140 valence electrons. The highest BCUT2D eigenvalue weighted by molar-refractivity contribution is 7.09. The van der Waals surface area contributed by atoms with Gasteiger partial charge in [0.2, 0.25) is 0 Å². The van der Waals surface area contributed by atoms with Crippen LogP contribution in [0, 0.1) is 0 Å². The third-order valence-corrected chi connectivity index (χ3v) is 4.96. The number of aliphatic imine (C=N–C) groups is 1. The number of hydrogen-bond donors (Lipinski definition) is 2. The number of guanidine groups is 1. The van der Waals surface area contributed by atoms with Crippen molar-refractivity contribution in [2.75, 3.05) is 27.2 Å². The average molecular weight is 373 g/mol. The van der Waals surface area contributed by atoms with Crippen molar-refractivity contribution in [2.45, 2.75) is 26.3 Å². The number of carbonyl (C=O) groups excluding carboxylic acids is 1. The van der Waals surface area contributed by atoms with Gasteiger partial charge in [0.1, 0.15) is 0 Å². The van der Waals surface area contributed by atoms with E-state index in [0.29, 0.717) is 18.7 Å². The molecule has 0 radical (unpaired) electrons. The van der Waals surface area contributed by atoms with E-state index in [-0.39, 0.29) is 5.91 Å². The van der Waals surface area contributed by atoms with Crippen LogP contribution in [0.5, 0.6) is 0 Å². The van der Waals surface area contributed by atoms with Crippen molar-refractivity contribution >= 4 is 23.2 Å². The summed E-state index contributed by atoms with van der Waals surface area (Å²) in [6, 6.07) is 11.9. The highest BCUT2D eigenvalue weighted by Gasteiger charge is 2.08. The van der Waals surface area contributed by atoms with E-state index >= 15 is 0 Å². The second-order valence-electron chi connectivity index (χ2n) is 6.11. The van der Waals surface area contributed by atoms with Crippen LogP contribution in [0.15, 0.2) is 46.8 Å². The first kappa shape index (κ1) is 20.0. The third kappa shape index (κ3) is 6.19. The van der Waals surface area contributed by atoms with Crippen LogP contribution in [0.2, 0.25) is 0 Å². The number of carbonyl (C=O) groups is 1. The van der Waals surface area contributed by atoms with Gasteiger partial charge >= 0.3 is 0 Å². The molecule has 2 rings (SSSR count). The molecule has 26 heavy (non-hydrogen) atoms. The summed E-state index contributed by atoms with van der Waals surface area (Å²) in [6.45, 7) is 4.27. The van der Waals surface area contributed by atoms with Crippen LogP contribution in [0.3, 0.4) is 0 Å². The molecule has 0 saturated carbocycles. The summed E-state index contributed by atoms with van der Waals surface area (Å²) >= 11 is 1.78. The SMILES string of the molecule is CCCNC(=O)c1cccc(CNC(=NC)N(C)CCc2cccs2)c1. The van der Waals surface area contributed by atoms with Crippen LogP contribution in [0.4, 0.5) is 0 Å². The van der Waals surface area contributed by atoms with E-state index in [9.17, 15) is 4.79 Å². The maximum Gasteiger partial charge on any atom is 0.251 e. The Morgan fingerprint density at radius 3 is 2.77 bits per heavy atom. The number of thiophene rings is 1. The molecule has 1 aromatic carbocycles. The Hall–Kier alpha value is -2.34. The highest BCUT2D eigenvalue weighted by atomic mass is 32.1. The Morgan fingerprint density at radius 1 is 1.23 bits per heavy atom. The molecule has 0 fully saturated rings. The molecule has 0 aliphatic heterocycles. The molecular weight excluding hydrogens is 344 g/mol. The molecule has 1 amide bonds. The fourth-order valence-electron chi connectivity index (χ4n) is 2.57. The molecule has 2 aromatic rings. The molecule has 6 heteroatoms. The maximum absolute atomic E-state index is 12.1. The van der Waals surface area contributed by atoms with Gasteiger partial charge in [-0.15, -0.1) is 11.3 Å². The molecule has 0 bridgehead atoms. The van der Waals surface area contributed by atoms with Crippen molar-refractivity contribution in [3.8, 4) is 0 Å². The Labute approximate surface area is 160 Å². The Bertz CT molecular complexity index is 712. The van der Waals surface area contributed by atoms with E-state index in [1.165, 1.54) is 4.88 Å². The largest absolute Gasteiger partial charge is 0.352 e. The number of likely N-dealkylation sites (N-methyl/N-ethyl adjacent to an activating group) is 1. The predicted octanol–water partition coefficient (Wildman–Crippen LogP) is 3.14. The van der Waals surface area contributed by atoms with E-state index in [4.69, 9.17) is 0 Å². The zero-order chi connectivity index (χ0) is 18.8. The van der Waals surface area contributed by atoms with Crippen molar-refractivity contribution in [1.29, 1.82) is 0 Å². The first-order valence-corrected chi connectivity index (χ1v) is 9.83. The Morgan fingerprint density at radius 2 is 2.08 bits per heavy atom. The van der Waals surface area contributed by atoms with Gasteiger partial charge < -0.3 is 15.5 Å². The first-order valence-electron chi connectivity index (χ1n) is 8.95. The molecular formula is C20H28N4OS. The van der Waals surface area contributed by atoms with Crippen LogP contribution < -0.4 is 10.6 Å². The molecule has 1 aromatic heterocycles. The van der Waals surface area contributed by atoms with E-state index in [1.807, 2.05) is 38.2 Å². The smallest absolute Gasteiger partial charge is 0.251 e. The van der Waals surface area contributed by atoms with Crippen molar-refractivity contribution in [3.05, 3.63) is 57.8 Å². The van der Waals surface area contributed by atoms with Crippen LogP contribution in [-0.4, -0.2) is 44.0 Å². The monoisotopic (exact) mass is 372 g/mol. The molecule has 2 N–H and O–H groups in total. The molecule has 0 unspecified atom stereocenters. The number of nitrogens with one attached hydrogen (secondary N) is 2. The van der Waals surface area contributed by atoms with Crippen molar-refractivity contribution < 1.29 is 4.79 Å². The second kappa shape index (κ2) is 10.6. The minimum absolute atomic E-state index is 0.0221. The van der Waals surface area contributed by atoms with Crippen molar-refractivity contribution in [1.82, 2.24) is 15.5 Å². The summed E-state index contributed by atoms with van der Waals surface area (Å²) in [5.74, 6) is 0.827. The normalized spacial score (nSPS) is 11.3. The van der Waals surface area contributed by atoms with Crippen LogP contribution >= 0.6 is 11.3 Å². The summed E-state index contributed by atoms with van der Waals surface area (Å²) in [6.07, 6.45) is 1.93. The third-order valence-electron chi connectivity index (χ3n) is 4.02. The number of amides is 1. The van der Waals surface area contributed by atoms with Gasteiger partial charge in [0.05, 0.1) is 0 Å². The fraction of sp³-hybridized carbons (Fsp3) is 0.400. The number of hydrogen-bond acceptors (Lipinski definition) is 3. The first-order chi connectivity index (χ1) is 12.6. The minimum Gasteiger partial charge on any atom is -0.352 e. The van der Waals surface area contributed by atoms with Gasteiger partial charge in [-0.3, -0.25) is 9.79 Å². The lowest BCUT2D eigenvalue weighted by molar-refractivity contribution is 0.0953. The standard InChI is InChI=1S/C20H28N4OS/c1-4-11-22-19(25)17-8-5-7-16(14-17)15-23-20(21-2)24(3)12-10-18-9-6-13-26-18/h5-9,13-14H,4,10-12,15H2,1-3H3,(H,21,23)(H,22,25). The van der Waals surface area contributed by atoms with Crippen molar-refractivity contribution in [3.63, 3.8) is 0 Å². The lowest BCUT2D eigenvalue weighted by Gasteiger charge is -2.22. The summed E-state index contributed by atoms with van der Waals surface area (Å²) in [5.41, 5.74) is 1.75. The second-order valence-corrected chi connectivity index (χ2v) is 7.14. The van der Waals surface area contributed by atoms with E-state index < -0.39 is 0 Å². The van der Waals surface area contributed by atoms with Gasteiger partial charge in [0.15, 0.2) is 5.96 Å². The van der Waals surface area contributed by atoms with Crippen LogP contribution in [-0.2, 0) is 13.0 Å². The summed E-state index contributed by atoms with van der Waals surface area (Å²) < 4.78 is 0. The number of nitrogens with zero attached hydrogens (tertiary/aromatic N) is 2. The maximum atomic E-state index is 12.1. The zero-order valence-corrected chi connectivity index (χ0v) is 16.6. The highest BCUT2D eigenvalue weighted by Crippen LogP contribution is 2.10. The van der Waals surface area contributed by atoms with Gasteiger partial charge in [-0.25, -0.2) is 0 Å². The molecule has 5 nitrogen and oxygen atoms in total. The lowest BCUT2D eigenvalue weighted by atomic mass is 10.1. The number of rotatable bonds is 8. The molecule has 0 aliphatic rings. The van der Waals surface area contributed by atoms with Gasteiger partial charge in [-0.1, -0.05) is 25.1 Å². The molecule has 0 saturated heterocycles. The van der Waals surface area contributed by atoms with E-state index in [2.05, 4.69) is 38.0 Å². The molecule has 0 atom stereocenters.